The molecule has 0 aliphatic rings. The zero-order valence-corrected chi connectivity index (χ0v) is 22.8. The van der Waals surface area contributed by atoms with Crippen molar-refractivity contribution in [1.29, 1.82) is 0 Å². The molecule has 38 heavy (non-hydrogen) atoms. The number of benzene rings is 2. The first-order valence-corrected chi connectivity index (χ1v) is 12.1. The highest BCUT2D eigenvalue weighted by Gasteiger charge is 2.24. The van der Waals surface area contributed by atoms with Gasteiger partial charge < -0.3 is 30.4 Å². The number of nitro benzene ring substituents is 1. The molecule has 12 heteroatoms. The van der Waals surface area contributed by atoms with Crippen LogP contribution >= 0.6 is 11.6 Å². The monoisotopic (exact) mass is 541 g/mol. The summed E-state index contributed by atoms with van der Waals surface area (Å²) in [4.78, 5) is 22.3. The van der Waals surface area contributed by atoms with Crippen LogP contribution in [0.4, 0.5) is 17.3 Å². The number of likely N-dealkylation sites (N-methyl/N-ethyl adjacent to an activating group) is 1. The molecule has 0 saturated heterocycles. The highest BCUT2D eigenvalue weighted by Crippen LogP contribution is 2.40. The van der Waals surface area contributed by atoms with Gasteiger partial charge in [-0.15, -0.1) is 0 Å². The first kappa shape index (κ1) is 28.6. The second kappa shape index (κ2) is 12.1. The van der Waals surface area contributed by atoms with Crippen LogP contribution < -0.4 is 20.9 Å². The SMILES string of the molecule is CC[C@@H](CN(C)C)Oc1cc(OC)c(Nc2ncc(Cl)c(-c3cn(C)c4ccccc34)n2)cc1[N+](=O)[O-].N. The highest BCUT2D eigenvalue weighted by atomic mass is 35.5. The number of aromatic nitrogens is 3. The quantitative estimate of drug-likeness (QED) is 0.187. The van der Waals surface area contributed by atoms with Crippen molar-refractivity contribution in [3.8, 4) is 22.8 Å². The number of nitrogens with one attached hydrogen (secondary N) is 1. The Balaban J connectivity index is 0.00000400. The van der Waals surface area contributed by atoms with Crippen molar-refractivity contribution in [1.82, 2.24) is 25.6 Å². The highest BCUT2D eigenvalue weighted by molar-refractivity contribution is 6.33. The summed E-state index contributed by atoms with van der Waals surface area (Å²) in [6, 6.07) is 10.8. The molecule has 0 saturated carbocycles. The van der Waals surface area contributed by atoms with Gasteiger partial charge in [0.05, 0.1) is 34.6 Å². The van der Waals surface area contributed by atoms with Gasteiger partial charge in [0.1, 0.15) is 11.9 Å². The first-order valence-electron chi connectivity index (χ1n) is 11.7. The Hall–Kier alpha value is -3.93. The standard InChI is InChI=1S/C26H29ClN6O4.H3N/c1-6-16(14-31(2)3)37-24-12-23(36-5)20(11-22(24)33(34)35)29-26-28-13-19(27)25(30-26)18-15-32(4)21-10-8-7-9-17(18)21;/h7-13,15-16H,6,14H2,1-5H3,(H,28,29,30);1H3/t16-;/m0./s1. The Labute approximate surface area is 226 Å². The molecule has 0 amide bonds. The summed E-state index contributed by atoms with van der Waals surface area (Å²) in [6.45, 7) is 2.59. The maximum Gasteiger partial charge on any atom is 0.313 e. The molecule has 2 aromatic heterocycles. The summed E-state index contributed by atoms with van der Waals surface area (Å²) in [5, 5.41) is 16.4. The molecule has 0 aliphatic heterocycles. The number of nitro groups is 1. The minimum Gasteiger partial charge on any atom is -0.494 e. The minimum absolute atomic E-state index is 0. The van der Waals surface area contributed by atoms with Crippen LogP contribution in [0.25, 0.3) is 22.2 Å². The van der Waals surface area contributed by atoms with E-state index in [0.717, 1.165) is 16.5 Å². The molecule has 0 radical (unpaired) electrons. The fourth-order valence-electron chi connectivity index (χ4n) is 4.16. The number of halogens is 1. The Morgan fingerprint density at radius 3 is 2.63 bits per heavy atom. The predicted molar refractivity (Wildman–Crippen MR) is 150 cm³/mol. The van der Waals surface area contributed by atoms with Gasteiger partial charge in [-0.1, -0.05) is 36.7 Å². The zero-order valence-electron chi connectivity index (χ0n) is 22.1. The maximum absolute atomic E-state index is 11.9. The van der Waals surface area contributed by atoms with Gasteiger partial charge in [-0.05, 0) is 26.6 Å². The van der Waals surface area contributed by atoms with Crippen LogP contribution in [0.5, 0.6) is 11.5 Å². The third-order valence-electron chi connectivity index (χ3n) is 5.94. The number of aryl methyl sites for hydroxylation is 1. The van der Waals surface area contributed by atoms with Crippen molar-refractivity contribution in [2.75, 3.05) is 33.1 Å². The lowest BCUT2D eigenvalue weighted by atomic mass is 10.1. The van der Waals surface area contributed by atoms with Crippen molar-refractivity contribution in [2.24, 2.45) is 7.05 Å². The third kappa shape index (κ3) is 5.96. The number of nitrogens with zero attached hydrogens (tertiary/aromatic N) is 5. The minimum atomic E-state index is -0.480. The van der Waals surface area contributed by atoms with Gasteiger partial charge in [-0.2, -0.15) is 0 Å². The summed E-state index contributed by atoms with van der Waals surface area (Å²) >= 11 is 6.49. The van der Waals surface area contributed by atoms with Crippen LogP contribution in [0.1, 0.15) is 13.3 Å². The number of rotatable bonds is 10. The van der Waals surface area contributed by atoms with Crippen LogP contribution in [0.15, 0.2) is 48.8 Å². The molecule has 0 bridgehead atoms. The van der Waals surface area contributed by atoms with Crippen LogP contribution in [0.2, 0.25) is 5.02 Å². The number of hydrogen-bond acceptors (Lipinski definition) is 9. The molecule has 0 aliphatic carbocycles. The molecular formula is C26H32ClN7O4. The molecule has 4 aromatic rings. The van der Waals surface area contributed by atoms with E-state index in [9.17, 15) is 10.1 Å². The molecule has 2 heterocycles. The van der Waals surface area contributed by atoms with Gasteiger partial charge in [0.25, 0.3) is 0 Å². The predicted octanol–water partition coefficient (Wildman–Crippen LogP) is 5.83. The number of para-hydroxylation sites is 1. The fourth-order valence-corrected chi connectivity index (χ4v) is 4.35. The topological polar surface area (TPSA) is 143 Å². The fraction of sp³-hybridized carbons (Fsp3) is 0.308. The van der Waals surface area contributed by atoms with Crippen molar-refractivity contribution < 1.29 is 14.4 Å². The van der Waals surface area contributed by atoms with Crippen LogP contribution in [-0.2, 0) is 7.05 Å². The lowest BCUT2D eigenvalue weighted by Gasteiger charge is -2.22. The van der Waals surface area contributed by atoms with Gasteiger partial charge in [-0.25, -0.2) is 9.97 Å². The van der Waals surface area contributed by atoms with Crippen molar-refractivity contribution in [3.05, 3.63) is 63.9 Å². The Kier molecular flexibility index (Phi) is 9.10. The van der Waals surface area contributed by atoms with E-state index in [1.54, 1.807) is 0 Å². The van der Waals surface area contributed by atoms with Crippen LogP contribution in [-0.4, -0.2) is 58.2 Å². The summed E-state index contributed by atoms with van der Waals surface area (Å²) in [5.74, 6) is 0.702. The molecule has 0 fully saturated rings. The Bertz CT molecular complexity index is 1440. The smallest absolute Gasteiger partial charge is 0.313 e. The van der Waals surface area contributed by atoms with E-state index >= 15 is 0 Å². The summed E-state index contributed by atoms with van der Waals surface area (Å²) < 4.78 is 13.5. The van der Waals surface area contributed by atoms with Crippen LogP contribution in [0.3, 0.4) is 0 Å². The average Bonchev–Trinajstić information content (AvgIpc) is 3.21. The van der Waals surface area contributed by atoms with Gasteiger partial charge in [0.2, 0.25) is 11.7 Å². The molecule has 1 atom stereocenters. The van der Waals surface area contributed by atoms with E-state index in [1.807, 2.05) is 68.0 Å². The van der Waals surface area contributed by atoms with E-state index in [1.165, 1.54) is 25.4 Å². The summed E-state index contributed by atoms with van der Waals surface area (Å²) in [5.41, 5.74) is 2.56. The van der Waals surface area contributed by atoms with Gasteiger partial charge >= 0.3 is 5.69 Å². The van der Waals surface area contributed by atoms with E-state index < -0.39 is 4.92 Å². The van der Waals surface area contributed by atoms with Crippen molar-refractivity contribution in [3.63, 3.8) is 0 Å². The average molecular weight is 542 g/mol. The Morgan fingerprint density at radius 2 is 1.97 bits per heavy atom. The zero-order chi connectivity index (χ0) is 26.7. The second-order valence-corrected chi connectivity index (χ2v) is 9.28. The van der Waals surface area contributed by atoms with Crippen LogP contribution in [0, 0.1) is 10.1 Å². The number of anilines is 2. The molecule has 202 valence electrons. The number of ether oxygens (including phenoxy) is 2. The lowest BCUT2D eigenvalue weighted by molar-refractivity contribution is -0.386. The molecular weight excluding hydrogens is 510 g/mol. The molecule has 2 aromatic carbocycles. The third-order valence-corrected chi connectivity index (χ3v) is 6.21. The van der Waals surface area contributed by atoms with Crippen molar-refractivity contribution >= 4 is 39.8 Å². The maximum atomic E-state index is 11.9. The van der Waals surface area contributed by atoms with E-state index in [4.69, 9.17) is 21.1 Å². The molecule has 4 N–H and O–H groups in total. The number of methoxy groups -OCH3 is 1. The molecule has 0 spiro atoms. The van der Waals surface area contributed by atoms with E-state index in [2.05, 4.69) is 15.3 Å². The lowest BCUT2D eigenvalue weighted by Crippen LogP contribution is -2.30. The number of fused-ring (bicyclic) bond motifs is 1. The Morgan fingerprint density at radius 1 is 1.24 bits per heavy atom. The summed E-state index contributed by atoms with van der Waals surface area (Å²) in [7, 11) is 7.28. The molecule has 0 unspecified atom stereocenters. The van der Waals surface area contributed by atoms with E-state index in [-0.39, 0.29) is 29.6 Å². The van der Waals surface area contributed by atoms with Gasteiger partial charge in [-0.3, -0.25) is 10.1 Å². The summed E-state index contributed by atoms with van der Waals surface area (Å²) in [6.07, 6.45) is 3.92. The van der Waals surface area contributed by atoms with Crippen molar-refractivity contribution in [2.45, 2.75) is 19.4 Å². The largest absolute Gasteiger partial charge is 0.494 e. The van der Waals surface area contributed by atoms with Gasteiger partial charge in [0.15, 0.2) is 0 Å². The number of hydrogen-bond donors (Lipinski definition) is 2. The molecule has 11 nitrogen and oxygen atoms in total. The normalized spacial score (nSPS) is 11.8. The van der Waals surface area contributed by atoms with Gasteiger partial charge in [0, 0.05) is 48.4 Å². The second-order valence-electron chi connectivity index (χ2n) is 8.87. The molecule has 4 rings (SSSR count). The van der Waals surface area contributed by atoms with E-state index in [0.29, 0.717) is 35.1 Å². The first-order chi connectivity index (χ1) is 17.7.